The number of hydrogen-bond acceptors (Lipinski definition) is 2. The zero-order valence-corrected chi connectivity index (χ0v) is 15.1. The number of nitrogens with zero attached hydrogens (tertiary/aromatic N) is 1. The lowest BCUT2D eigenvalue weighted by Gasteiger charge is -2.12. The van der Waals surface area contributed by atoms with Gasteiger partial charge in [-0.05, 0) is 24.3 Å². The number of phenolic OH excluding ortho intramolecular Hbond substituents is 1. The number of benzene rings is 3. The molecular weight excluding hydrogens is 355 g/mol. The first kappa shape index (κ1) is 17.8. The molecule has 1 aromatic heterocycles. The Bertz CT molecular complexity index is 1150. The van der Waals surface area contributed by atoms with E-state index in [4.69, 9.17) is 0 Å². The number of para-hydroxylation sites is 2. The highest BCUT2D eigenvalue weighted by Gasteiger charge is 2.17. The minimum absolute atomic E-state index is 0.134. The van der Waals surface area contributed by atoms with Crippen LogP contribution in [0.1, 0.15) is 21.6 Å². The van der Waals surface area contributed by atoms with E-state index in [0.29, 0.717) is 16.8 Å². The number of aromatic nitrogens is 1. The monoisotopic (exact) mass is 374 g/mol. The second-order valence-electron chi connectivity index (χ2n) is 6.58. The van der Waals surface area contributed by atoms with Crippen molar-refractivity contribution in [1.29, 1.82) is 0 Å². The zero-order chi connectivity index (χ0) is 19.5. The number of amides is 1. The predicted molar refractivity (Wildman–Crippen MR) is 107 cm³/mol. The molecule has 0 saturated heterocycles. The summed E-state index contributed by atoms with van der Waals surface area (Å²) in [6, 6.07) is 22.9. The molecule has 0 atom stereocenters. The van der Waals surface area contributed by atoms with E-state index in [-0.39, 0.29) is 30.6 Å². The number of nitrogens with one attached hydrogen (secondary N) is 1. The molecule has 140 valence electrons. The third kappa shape index (κ3) is 3.47. The number of hydrogen-bond donors (Lipinski definition) is 2. The Morgan fingerprint density at radius 1 is 0.929 bits per heavy atom. The third-order valence-electron chi connectivity index (χ3n) is 4.76. The highest BCUT2D eigenvalue weighted by molar-refractivity contribution is 5.98. The molecule has 0 aliphatic carbocycles. The van der Waals surface area contributed by atoms with Gasteiger partial charge >= 0.3 is 0 Å². The fourth-order valence-electron chi connectivity index (χ4n) is 3.29. The Balaban J connectivity index is 1.67. The van der Waals surface area contributed by atoms with Crippen molar-refractivity contribution in [2.75, 3.05) is 0 Å². The SMILES string of the molecule is O=C(NCc1ccccc1O)c1cc2ccccc2n1Cc1ccccc1F. The van der Waals surface area contributed by atoms with E-state index < -0.39 is 0 Å². The molecule has 0 spiro atoms. The number of halogens is 1. The molecule has 0 radical (unpaired) electrons. The second-order valence-corrected chi connectivity index (χ2v) is 6.58. The van der Waals surface area contributed by atoms with E-state index >= 15 is 0 Å². The van der Waals surface area contributed by atoms with Crippen molar-refractivity contribution in [2.24, 2.45) is 0 Å². The number of fused-ring (bicyclic) bond motifs is 1. The first-order chi connectivity index (χ1) is 13.6. The van der Waals surface area contributed by atoms with Gasteiger partial charge in [-0.1, -0.05) is 54.6 Å². The van der Waals surface area contributed by atoms with Crippen LogP contribution in [0.4, 0.5) is 4.39 Å². The summed E-state index contributed by atoms with van der Waals surface area (Å²) in [6.45, 7) is 0.451. The van der Waals surface area contributed by atoms with Crippen LogP contribution in [0, 0.1) is 5.82 Å². The smallest absolute Gasteiger partial charge is 0.268 e. The Morgan fingerprint density at radius 3 is 2.39 bits per heavy atom. The third-order valence-corrected chi connectivity index (χ3v) is 4.76. The maximum Gasteiger partial charge on any atom is 0.268 e. The maximum absolute atomic E-state index is 14.2. The van der Waals surface area contributed by atoms with Crippen LogP contribution in [0.2, 0.25) is 0 Å². The van der Waals surface area contributed by atoms with Gasteiger partial charge in [-0.15, -0.1) is 0 Å². The normalized spacial score (nSPS) is 10.9. The molecule has 4 nitrogen and oxygen atoms in total. The van der Waals surface area contributed by atoms with Gasteiger partial charge < -0.3 is 15.0 Å². The van der Waals surface area contributed by atoms with Crippen LogP contribution in [-0.4, -0.2) is 15.6 Å². The summed E-state index contributed by atoms with van der Waals surface area (Å²) in [5, 5.41) is 13.6. The standard InChI is InChI=1S/C23H19FN2O2/c24-19-10-4-1-9-18(19)15-26-20-11-5-2-7-16(20)13-21(26)23(28)25-14-17-8-3-6-12-22(17)27/h1-13,27H,14-15H2,(H,25,28). The first-order valence-corrected chi connectivity index (χ1v) is 9.00. The summed E-state index contributed by atoms with van der Waals surface area (Å²) in [5.41, 5.74) is 2.45. The second kappa shape index (κ2) is 7.56. The van der Waals surface area contributed by atoms with Crippen molar-refractivity contribution in [3.8, 4) is 5.75 Å². The first-order valence-electron chi connectivity index (χ1n) is 9.00. The van der Waals surface area contributed by atoms with Crippen molar-refractivity contribution in [2.45, 2.75) is 13.1 Å². The van der Waals surface area contributed by atoms with Gasteiger partial charge in [-0.25, -0.2) is 4.39 Å². The van der Waals surface area contributed by atoms with Crippen molar-refractivity contribution < 1.29 is 14.3 Å². The number of carbonyl (C=O) groups excluding carboxylic acids is 1. The molecule has 0 fully saturated rings. The molecule has 3 aromatic carbocycles. The molecule has 4 aromatic rings. The van der Waals surface area contributed by atoms with Gasteiger partial charge in [-0.3, -0.25) is 4.79 Å². The number of aromatic hydroxyl groups is 1. The molecule has 0 unspecified atom stereocenters. The number of phenols is 1. The van der Waals surface area contributed by atoms with E-state index in [0.717, 1.165) is 10.9 Å². The van der Waals surface area contributed by atoms with Crippen molar-refractivity contribution >= 4 is 16.8 Å². The minimum atomic E-state index is -0.305. The molecule has 0 bridgehead atoms. The Morgan fingerprint density at radius 2 is 1.61 bits per heavy atom. The molecule has 0 saturated carbocycles. The van der Waals surface area contributed by atoms with E-state index in [1.54, 1.807) is 48.5 Å². The van der Waals surface area contributed by atoms with E-state index in [1.807, 2.05) is 28.8 Å². The van der Waals surface area contributed by atoms with Crippen LogP contribution >= 0.6 is 0 Å². The quantitative estimate of drug-likeness (QED) is 0.542. The molecule has 1 amide bonds. The Kier molecular flexibility index (Phi) is 4.81. The van der Waals surface area contributed by atoms with Gasteiger partial charge in [0.1, 0.15) is 17.3 Å². The Labute approximate surface area is 161 Å². The Hall–Kier alpha value is -3.60. The zero-order valence-electron chi connectivity index (χ0n) is 15.1. The number of rotatable bonds is 5. The van der Waals surface area contributed by atoms with Crippen LogP contribution < -0.4 is 5.32 Å². The largest absolute Gasteiger partial charge is 0.508 e. The van der Waals surface area contributed by atoms with Crippen molar-refractivity contribution in [1.82, 2.24) is 9.88 Å². The summed E-state index contributed by atoms with van der Waals surface area (Å²) in [5.74, 6) is -0.452. The fourth-order valence-corrected chi connectivity index (χ4v) is 3.29. The molecule has 1 heterocycles. The van der Waals surface area contributed by atoms with Gasteiger partial charge in [0.2, 0.25) is 0 Å². The summed E-state index contributed by atoms with van der Waals surface area (Å²) < 4.78 is 16.0. The lowest BCUT2D eigenvalue weighted by Crippen LogP contribution is -2.25. The average Bonchev–Trinajstić information content (AvgIpc) is 3.07. The van der Waals surface area contributed by atoms with Crippen molar-refractivity contribution in [3.05, 3.63) is 102 Å². The summed E-state index contributed by atoms with van der Waals surface area (Å²) >= 11 is 0. The van der Waals surface area contributed by atoms with E-state index in [1.165, 1.54) is 6.07 Å². The van der Waals surface area contributed by atoms with Gasteiger partial charge in [0.25, 0.3) is 5.91 Å². The number of carbonyl (C=O) groups is 1. The topological polar surface area (TPSA) is 54.3 Å². The highest BCUT2D eigenvalue weighted by Crippen LogP contribution is 2.23. The van der Waals surface area contributed by atoms with Crippen LogP contribution in [-0.2, 0) is 13.1 Å². The van der Waals surface area contributed by atoms with Gasteiger partial charge in [-0.2, -0.15) is 0 Å². The highest BCUT2D eigenvalue weighted by atomic mass is 19.1. The fraction of sp³-hybridized carbons (Fsp3) is 0.0870. The molecular formula is C23H19FN2O2. The summed E-state index contributed by atoms with van der Waals surface area (Å²) in [4.78, 5) is 12.9. The lowest BCUT2D eigenvalue weighted by molar-refractivity contribution is 0.0942. The molecule has 0 aliphatic rings. The van der Waals surface area contributed by atoms with Gasteiger partial charge in [0.15, 0.2) is 0 Å². The molecule has 2 N–H and O–H groups in total. The van der Waals surface area contributed by atoms with Crippen LogP contribution in [0.3, 0.4) is 0 Å². The van der Waals surface area contributed by atoms with Crippen LogP contribution in [0.15, 0.2) is 78.9 Å². The summed E-state index contributed by atoms with van der Waals surface area (Å²) in [6.07, 6.45) is 0. The molecule has 0 aliphatic heterocycles. The minimum Gasteiger partial charge on any atom is -0.508 e. The van der Waals surface area contributed by atoms with Crippen LogP contribution in [0.25, 0.3) is 10.9 Å². The maximum atomic E-state index is 14.2. The van der Waals surface area contributed by atoms with Crippen molar-refractivity contribution in [3.63, 3.8) is 0 Å². The average molecular weight is 374 g/mol. The lowest BCUT2D eigenvalue weighted by atomic mass is 10.2. The van der Waals surface area contributed by atoms with E-state index in [9.17, 15) is 14.3 Å². The molecule has 28 heavy (non-hydrogen) atoms. The summed E-state index contributed by atoms with van der Waals surface area (Å²) in [7, 11) is 0. The van der Waals surface area contributed by atoms with Gasteiger partial charge in [0.05, 0.1) is 6.54 Å². The molecule has 4 rings (SSSR count). The van der Waals surface area contributed by atoms with E-state index in [2.05, 4.69) is 5.32 Å². The van der Waals surface area contributed by atoms with Crippen LogP contribution in [0.5, 0.6) is 5.75 Å². The predicted octanol–water partition coefficient (Wildman–Crippen LogP) is 4.46. The van der Waals surface area contributed by atoms with Gasteiger partial charge in [0, 0.05) is 28.6 Å². The molecule has 5 heteroatoms.